The van der Waals surface area contributed by atoms with Crippen molar-refractivity contribution >= 4 is 41.0 Å². The lowest BCUT2D eigenvalue weighted by Gasteiger charge is -2.16. The van der Waals surface area contributed by atoms with Crippen LogP contribution in [-0.2, 0) is 4.79 Å². The zero-order chi connectivity index (χ0) is 22.0. The highest BCUT2D eigenvalue weighted by molar-refractivity contribution is 6.33. The number of rotatable bonds is 6. The Hall–Kier alpha value is -3.32. The van der Waals surface area contributed by atoms with Crippen LogP contribution < -0.4 is 14.5 Å². The van der Waals surface area contributed by atoms with Crippen LogP contribution in [0.1, 0.15) is 36.7 Å². The van der Waals surface area contributed by atoms with E-state index in [2.05, 4.69) is 5.10 Å². The summed E-state index contributed by atoms with van der Waals surface area (Å²) in [5, 5.41) is 14.9. The van der Waals surface area contributed by atoms with E-state index in [0.717, 1.165) is 0 Å². The fraction of sp³-hybridized carbons (Fsp3) is 0.227. The van der Waals surface area contributed by atoms with E-state index in [-0.39, 0.29) is 17.6 Å². The average Bonchev–Trinajstić information content (AvgIpc) is 2.97. The van der Waals surface area contributed by atoms with Gasteiger partial charge < -0.3 is 14.6 Å². The van der Waals surface area contributed by atoms with E-state index in [9.17, 15) is 9.59 Å². The molecule has 0 aromatic heterocycles. The maximum absolute atomic E-state index is 12.9. The van der Waals surface area contributed by atoms with Gasteiger partial charge in [0.2, 0.25) is 0 Å². The molecule has 2 aromatic carbocycles. The molecule has 0 bridgehead atoms. The van der Waals surface area contributed by atoms with Crippen LogP contribution in [-0.4, -0.2) is 35.9 Å². The van der Waals surface area contributed by atoms with E-state index in [1.54, 1.807) is 37.3 Å². The lowest BCUT2D eigenvalue weighted by Crippen LogP contribution is -2.21. The second kappa shape index (κ2) is 8.59. The average molecular weight is 429 g/mol. The molecule has 0 fully saturated rings. The lowest BCUT2D eigenvalue weighted by atomic mass is 10.1. The van der Waals surface area contributed by atoms with Gasteiger partial charge in [-0.05, 0) is 68.8 Å². The molecule has 156 valence electrons. The third kappa shape index (κ3) is 4.31. The Kier molecular flexibility index (Phi) is 6.12. The first-order valence-electron chi connectivity index (χ1n) is 9.20. The molecule has 0 spiro atoms. The number of carbonyl (C=O) groups excluding carboxylic acids is 1. The summed E-state index contributed by atoms with van der Waals surface area (Å²) in [7, 11) is 1.52. The van der Waals surface area contributed by atoms with Gasteiger partial charge >= 0.3 is 5.97 Å². The van der Waals surface area contributed by atoms with Gasteiger partial charge in [-0.1, -0.05) is 11.6 Å². The molecule has 1 aliphatic heterocycles. The van der Waals surface area contributed by atoms with E-state index >= 15 is 0 Å². The molecule has 0 unspecified atom stereocenters. The third-order valence-corrected chi connectivity index (χ3v) is 4.62. The van der Waals surface area contributed by atoms with Crippen LogP contribution in [0, 0.1) is 0 Å². The van der Waals surface area contributed by atoms with Crippen LogP contribution in [0.4, 0.5) is 5.69 Å². The Bertz CT molecular complexity index is 1060. The minimum Gasteiger partial charge on any atom is -0.493 e. The number of hydrazone groups is 1. The van der Waals surface area contributed by atoms with E-state index in [1.807, 2.05) is 13.8 Å². The van der Waals surface area contributed by atoms with Crippen molar-refractivity contribution in [3.63, 3.8) is 0 Å². The zero-order valence-corrected chi connectivity index (χ0v) is 17.7. The zero-order valence-electron chi connectivity index (χ0n) is 17.0. The number of ether oxygens (including phenoxy) is 2. The van der Waals surface area contributed by atoms with Crippen molar-refractivity contribution in [1.29, 1.82) is 0 Å². The Morgan fingerprint density at radius 2 is 1.90 bits per heavy atom. The predicted molar refractivity (Wildman–Crippen MR) is 116 cm³/mol. The number of aromatic carboxylic acids is 1. The fourth-order valence-corrected chi connectivity index (χ4v) is 3.21. The number of amides is 1. The molecular weight excluding hydrogens is 408 g/mol. The summed E-state index contributed by atoms with van der Waals surface area (Å²) in [6, 6.07) is 9.37. The van der Waals surface area contributed by atoms with E-state index in [0.29, 0.717) is 39.1 Å². The number of carboxylic acids is 1. The highest BCUT2D eigenvalue weighted by Gasteiger charge is 2.29. The number of carboxylic acid groups (broad SMARTS) is 1. The molecule has 0 atom stereocenters. The van der Waals surface area contributed by atoms with Gasteiger partial charge in [0.15, 0.2) is 11.5 Å². The number of halogens is 1. The van der Waals surface area contributed by atoms with Crippen molar-refractivity contribution < 1.29 is 24.2 Å². The number of methoxy groups -OCH3 is 1. The number of hydrogen-bond acceptors (Lipinski definition) is 5. The van der Waals surface area contributed by atoms with Gasteiger partial charge in [-0.2, -0.15) is 10.1 Å². The van der Waals surface area contributed by atoms with Crippen LogP contribution >= 0.6 is 11.6 Å². The molecule has 1 aliphatic rings. The van der Waals surface area contributed by atoms with E-state index < -0.39 is 5.97 Å². The summed E-state index contributed by atoms with van der Waals surface area (Å²) in [6.07, 6.45) is 1.60. The van der Waals surface area contributed by atoms with Gasteiger partial charge in [0, 0.05) is 0 Å². The topological polar surface area (TPSA) is 88.4 Å². The van der Waals surface area contributed by atoms with Crippen LogP contribution in [0.25, 0.3) is 6.08 Å². The van der Waals surface area contributed by atoms with Crippen molar-refractivity contribution in [2.75, 3.05) is 12.1 Å². The molecule has 3 rings (SSSR count). The number of benzene rings is 2. The summed E-state index contributed by atoms with van der Waals surface area (Å²) in [6.45, 7) is 5.50. The van der Waals surface area contributed by atoms with Gasteiger partial charge in [0.1, 0.15) is 0 Å². The lowest BCUT2D eigenvalue weighted by molar-refractivity contribution is -0.114. The first-order valence-corrected chi connectivity index (χ1v) is 9.58. The summed E-state index contributed by atoms with van der Waals surface area (Å²) < 4.78 is 11.1. The van der Waals surface area contributed by atoms with Crippen molar-refractivity contribution in [3.05, 3.63) is 58.1 Å². The van der Waals surface area contributed by atoms with Crippen molar-refractivity contribution in [1.82, 2.24) is 0 Å². The van der Waals surface area contributed by atoms with Crippen LogP contribution in [0.3, 0.4) is 0 Å². The Labute approximate surface area is 179 Å². The van der Waals surface area contributed by atoms with Gasteiger partial charge in [-0.3, -0.25) is 4.79 Å². The molecule has 1 N–H and O–H groups in total. The van der Waals surface area contributed by atoms with Crippen molar-refractivity contribution in [3.8, 4) is 11.5 Å². The third-order valence-electron chi connectivity index (χ3n) is 4.34. The highest BCUT2D eigenvalue weighted by atomic mass is 35.5. The first kappa shape index (κ1) is 21.4. The quantitative estimate of drug-likeness (QED) is 0.677. The molecule has 1 heterocycles. The van der Waals surface area contributed by atoms with Gasteiger partial charge in [0.05, 0.1) is 40.8 Å². The monoisotopic (exact) mass is 428 g/mol. The molecule has 0 saturated carbocycles. The molecule has 0 saturated heterocycles. The fourth-order valence-electron chi connectivity index (χ4n) is 2.94. The Balaban J connectivity index is 1.93. The normalized spacial score (nSPS) is 15.0. The van der Waals surface area contributed by atoms with Crippen molar-refractivity contribution in [2.24, 2.45) is 5.10 Å². The largest absolute Gasteiger partial charge is 0.493 e. The smallest absolute Gasteiger partial charge is 0.335 e. The molecule has 8 heteroatoms. The predicted octanol–water partition coefficient (Wildman–Crippen LogP) is 4.64. The summed E-state index contributed by atoms with van der Waals surface area (Å²) in [5.74, 6) is -0.456. The first-order chi connectivity index (χ1) is 14.2. The van der Waals surface area contributed by atoms with E-state index in [4.69, 9.17) is 26.2 Å². The maximum atomic E-state index is 12.9. The molecule has 7 nitrogen and oxygen atoms in total. The Morgan fingerprint density at radius 1 is 1.23 bits per heavy atom. The summed E-state index contributed by atoms with van der Waals surface area (Å²) in [4.78, 5) is 23.9. The minimum absolute atomic E-state index is 0.0764. The molecule has 2 aromatic rings. The number of carbonyl (C=O) groups is 2. The summed E-state index contributed by atoms with van der Waals surface area (Å²) >= 11 is 6.37. The van der Waals surface area contributed by atoms with Crippen molar-refractivity contribution in [2.45, 2.75) is 26.9 Å². The number of anilines is 1. The molecule has 0 aliphatic carbocycles. The highest BCUT2D eigenvalue weighted by Crippen LogP contribution is 2.38. The molecular formula is C22H21ClN2O5. The van der Waals surface area contributed by atoms with Crippen LogP contribution in [0.2, 0.25) is 5.02 Å². The number of nitrogens with zero attached hydrogens (tertiary/aromatic N) is 2. The second-order valence-electron chi connectivity index (χ2n) is 6.91. The van der Waals surface area contributed by atoms with Crippen LogP contribution in [0.15, 0.2) is 47.1 Å². The van der Waals surface area contributed by atoms with Crippen LogP contribution in [0.5, 0.6) is 11.5 Å². The molecule has 30 heavy (non-hydrogen) atoms. The maximum Gasteiger partial charge on any atom is 0.335 e. The molecule has 0 radical (unpaired) electrons. The molecule has 1 amide bonds. The van der Waals surface area contributed by atoms with Gasteiger partial charge in [-0.25, -0.2) is 4.79 Å². The summed E-state index contributed by atoms with van der Waals surface area (Å²) in [5.41, 5.74) is 2.19. The van der Waals surface area contributed by atoms with Gasteiger partial charge in [-0.15, -0.1) is 0 Å². The Morgan fingerprint density at radius 3 is 2.47 bits per heavy atom. The minimum atomic E-state index is -1.04. The standard InChI is InChI=1S/C22H21ClN2O5/c1-12(2)30-20-18(23)10-14(11-19(20)29-4)9-17-13(3)24-25(21(17)26)16-7-5-15(6-8-16)22(27)28/h5-12H,1-4H3,(H,27,28). The SMILES string of the molecule is COc1cc(C=C2C(=O)N(c3ccc(C(=O)O)cc3)N=C2C)cc(Cl)c1OC(C)C. The van der Waals surface area contributed by atoms with E-state index in [1.165, 1.54) is 24.3 Å². The number of hydrogen-bond donors (Lipinski definition) is 1. The van der Waals surface area contributed by atoms with Gasteiger partial charge in [0.25, 0.3) is 5.91 Å². The second-order valence-corrected chi connectivity index (χ2v) is 7.32.